The molecule has 154 valence electrons. The van der Waals surface area contributed by atoms with Gasteiger partial charge in [-0.15, -0.1) is 0 Å². The molecule has 1 saturated carbocycles. The number of carbonyl (C=O) groups is 1. The van der Waals surface area contributed by atoms with Crippen molar-refractivity contribution < 1.29 is 13.2 Å². The molecule has 29 heavy (non-hydrogen) atoms. The highest BCUT2D eigenvalue weighted by molar-refractivity contribution is 7.89. The summed E-state index contributed by atoms with van der Waals surface area (Å²) in [7, 11) is -0.153. The zero-order valence-electron chi connectivity index (χ0n) is 17.1. The Morgan fingerprint density at radius 1 is 1.00 bits per heavy atom. The highest BCUT2D eigenvalue weighted by Crippen LogP contribution is 2.31. The predicted octanol–water partition coefficient (Wildman–Crippen LogP) is 3.69. The first kappa shape index (κ1) is 21.0. The fraction of sp³-hybridized carbons (Fsp3) is 0.364. The number of hydrogen-bond acceptors (Lipinski definition) is 4. The van der Waals surface area contributed by atoms with Crippen LogP contribution in [0.3, 0.4) is 0 Å². The Labute approximate surface area is 172 Å². The maximum absolute atomic E-state index is 12.4. The second kappa shape index (κ2) is 8.78. The van der Waals surface area contributed by atoms with Gasteiger partial charge in [0.05, 0.1) is 4.90 Å². The molecule has 1 N–H and O–H groups in total. The number of rotatable bonds is 5. The Balaban J connectivity index is 1.58. The minimum atomic E-state index is -3.64. The molecule has 0 aromatic heterocycles. The van der Waals surface area contributed by atoms with Crippen molar-refractivity contribution in [2.45, 2.75) is 43.4 Å². The summed E-state index contributed by atoms with van der Waals surface area (Å²) in [6, 6.07) is 14.5. The molecule has 2 aromatic carbocycles. The summed E-state index contributed by atoms with van der Waals surface area (Å²) in [5.74, 6) is 0.390. The SMILES string of the molecule is Cc1ccc(S(=O)(=O)NN=C2CCC(c3ccc(C(=O)N(C)C)cc3)CC2)cc1. The molecule has 7 heteroatoms. The van der Waals surface area contributed by atoms with Gasteiger partial charge in [0.25, 0.3) is 15.9 Å². The molecule has 0 bridgehead atoms. The van der Waals surface area contributed by atoms with Crippen LogP contribution >= 0.6 is 0 Å². The summed E-state index contributed by atoms with van der Waals surface area (Å²) < 4.78 is 24.7. The van der Waals surface area contributed by atoms with E-state index in [0.717, 1.165) is 37.0 Å². The molecule has 0 aliphatic heterocycles. The summed E-state index contributed by atoms with van der Waals surface area (Å²) in [6.07, 6.45) is 3.32. The topological polar surface area (TPSA) is 78.8 Å². The Morgan fingerprint density at radius 2 is 1.59 bits per heavy atom. The lowest BCUT2D eigenvalue weighted by Crippen LogP contribution is -2.22. The van der Waals surface area contributed by atoms with Crippen LogP contribution in [0.4, 0.5) is 0 Å². The number of benzene rings is 2. The summed E-state index contributed by atoms with van der Waals surface area (Å²) >= 11 is 0. The van der Waals surface area contributed by atoms with Crippen molar-refractivity contribution >= 4 is 21.6 Å². The molecule has 6 nitrogen and oxygen atoms in total. The van der Waals surface area contributed by atoms with E-state index >= 15 is 0 Å². The molecule has 0 saturated heterocycles. The zero-order chi connectivity index (χ0) is 21.0. The summed E-state index contributed by atoms with van der Waals surface area (Å²) in [4.78, 5) is 16.2. The highest BCUT2D eigenvalue weighted by atomic mass is 32.2. The number of nitrogens with zero attached hydrogens (tertiary/aromatic N) is 2. The van der Waals surface area contributed by atoms with Gasteiger partial charge in [0.2, 0.25) is 0 Å². The van der Waals surface area contributed by atoms with Crippen LogP contribution in [0.2, 0.25) is 0 Å². The average Bonchev–Trinajstić information content (AvgIpc) is 2.72. The lowest BCUT2D eigenvalue weighted by atomic mass is 9.83. The van der Waals surface area contributed by atoms with E-state index < -0.39 is 10.0 Å². The molecule has 1 aliphatic rings. The molecule has 1 aliphatic carbocycles. The monoisotopic (exact) mass is 413 g/mol. The van der Waals surface area contributed by atoms with Gasteiger partial charge in [-0.1, -0.05) is 29.8 Å². The van der Waals surface area contributed by atoms with Crippen molar-refractivity contribution in [3.05, 3.63) is 65.2 Å². The predicted molar refractivity (Wildman–Crippen MR) is 115 cm³/mol. The number of hydrazone groups is 1. The van der Waals surface area contributed by atoms with E-state index in [1.54, 1.807) is 43.3 Å². The van der Waals surface area contributed by atoms with Gasteiger partial charge < -0.3 is 4.90 Å². The van der Waals surface area contributed by atoms with Crippen molar-refractivity contribution in [1.29, 1.82) is 0 Å². The summed E-state index contributed by atoms with van der Waals surface area (Å²) in [5, 5.41) is 4.17. The molecule has 0 heterocycles. The number of hydrogen-bond donors (Lipinski definition) is 1. The van der Waals surface area contributed by atoms with Gasteiger partial charge in [-0.05, 0) is 68.4 Å². The van der Waals surface area contributed by atoms with Gasteiger partial charge in [-0.2, -0.15) is 13.5 Å². The first-order valence-electron chi connectivity index (χ1n) is 9.72. The standard InChI is InChI=1S/C22H27N3O3S/c1-16-4-14-21(15-5-16)29(27,28)24-23-20-12-10-18(11-13-20)17-6-8-19(9-7-17)22(26)25(2)3/h4-9,14-15,18,24H,10-13H2,1-3H3. The van der Waals surface area contributed by atoms with E-state index in [1.807, 2.05) is 31.2 Å². The summed E-state index contributed by atoms with van der Waals surface area (Å²) in [5.41, 5.74) is 3.77. The summed E-state index contributed by atoms with van der Waals surface area (Å²) in [6.45, 7) is 1.91. The van der Waals surface area contributed by atoms with Crippen LogP contribution in [0.1, 0.15) is 53.1 Å². The van der Waals surface area contributed by atoms with Gasteiger partial charge in [-0.3, -0.25) is 4.79 Å². The molecule has 0 radical (unpaired) electrons. The van der Waals surface area contributed by atoms with Gasteiger partial charge in [0.15, 0.2) is 0 Å². The molecule has 0 atom stereocenters. The maximum atomic E-state index is 12.4. The molecule has 0 unspecified atom stereocenters. The third-order valence-electron chi connectivity index (χ3n) is 5.25. The van der Waals surface area contributed by atoms with Crippen LogP contribution in [-0.4, -0.2) is 39.0 Å². The van der Waals surface area contributed by atoms with Crippen molar-refractivity contribution in [1.82, 2.24) is 9.73 Å². The van der Waals surface area contributed by atoms with Crippen LogP contribution < -0.4 is 4.83 Å². The van der Waals surface area contributed by atoms with Crippen LogP contribution in [0.15, 0.2) is 58.5 Å². The Bertz CT molecular complexity index is 985. The first-order chi connectivity index (χ1) is 13.8. The number of nitrogens with one attached hydrogen (secondary N) is 1. The van der Waals surface area contributed by atoms with Crippen LogP contribution in [0, 0.1) is 6.92 Å². The largest absolute Gasteiger partial charge is 0.345 e. The van der Waals surface area contributed by atoms with Crippen LogP contribution in [-0.2, 0) is 10.0 Å². The molecule has 3 rings (SSSR count). The third kappa shape index (κ3) is 5.23. The molecule has 1 fully saturated rings. The third-order valence-corrected chi connectivity index (χ3v) is 6.48. The molecular formula is C22H27N3O3S. The minimum absolute atomic E-state index is 0.00419. The molecule has 0 spiro atoms. The molecular weight excluding hydrogens is 386 g/mol. The Kier molecular flexibility index (Phi) is 6.37. The minimum Gasteiger partial charge on any atom is -0.345 e. The number of carbonyl (C=O) groups excluding carboxylic acids is 1. The van der Waals surface area contributed by atoms with Crippen LogP contribution in [0.5, 0.6) is 0 Å². The highest BCUT2D eigenvalue weighted by Gasteiger charge is 2.21. The fourth-order valence-corrected chi connectivity index (χ4v) is 4.30. The van der Waals surface area contributed by atoms with E-state index in [4.69, 9.17) is 0 Å². The lowest BCUT2D eigenvalue weighted by molar-refractivity contribution is 0.0827. The average molecular weight is 414 g/mol. The quantitative estimate of drug-likeness (QED) is 0.760. The second-order valence-electron chi connectivity index (χ2n) is 7.68. The number of amides is 1. The smallest absolute Gasteiger partial charge is 0.276 e. The fourth-order valence-electron chi connectivity index (χ4n) is 3.45. The van der Waals surface area contributed by atoms with Crippen molar-refractivity contribution in [3.63, 3.8) is 0 Å². The molecule has 1 amide bonds. The van der Waals surface area contributed by atoms with Crippen molar-refractivity contribution in [2.75, 3.05) is 14.1 Å². The van der Waals surface area contributed by atoms with Crippen molar-refractivity contribution in [2.24, 2.45) is 5.10 Å². The van der Waals surface area contributed by atoms with Crippen molar-refractivity contribution in [3.8, 4) is 0 Å². The van der Waals surface area contributed by atoms with Crippen LogP contribution in [0.25, 0.3) is 0 Å². The first-order valence-corrected chi connectivity index (χ1v) is 11.2. The molecule has 2 aromatic rings. The normalized spacial score (nSPS) is 16.9. The maximum Gasteiger partial charge on any atom is 0.276 e. The zero-order valence-corrected chi connectivity index (χ0v) is 17.9. The van der Waals surface area contributed by atoms with E-state index in [1.165, 1.54) is 5.56 Å². The Hall–Kier alpha value is -2.67. The second-order valence-corrected chi connectivity index (χ2v) is 9.34. The van der Waals surface area contributed by atoms with Gasteiger partial charge in [0.1, 0.15) is 0 Å². The van der Waals surface area contributed by atoms with Gasteiger partial charge in [0, 0.05) is 25.4 Å². The van der Waals surface area contributed by atoms with E-state index in [2.05, 4.69) is 9.93 Å². The van der Waals surface area contributed by atoms with E-state index in [-0.39, 0.29) is 10.8 Å². The van der Waals surface area contributed by atoms with Gasteiger partial charge >= 0.3 is 0 Å². The van der Waals surface area contributed by atoms with E-state index in [9.17, 15) is 13.2 Å². The lowest BCUT2D eigenvalue weighted by Gasteiger charge is -2.23. The number of aryl methyl sites for hydroxylation is 1. The van der Waals surface area contributed by atoms with Gasteiger partial charge in [-0.25, -0.2) is 4.83 Å². The van der Waals surface area contributed by atoms with E-state index in [0.29, 0.717) is 11.5 Å². The number of sulfonamides is 1. The Morgan fingerprint density at radius 3 is 2.14 bits per heavy atom.